The van der Waals surface area contributed by atoms with Crippen LogP contribution >= 0.6 is 0 Å². The van der Waals surface area contributed by atoms with Crippen LogP contribution in [0.2, 0.25) is 0 Å². The van der Waals surface area contributed by atoms with Crippen molar-refractivity contribution in [2.45, 2.75) is 53.0 Å². The highest BCUT2D eigenvalue weighted by atomic mass is 16.2. The van der Waals surface area contributed by atoms with Crippen LogP contribution in [0.5, 0.6) is 0 Å². The second-order valence-corrected chi connectivity index (χ2v) is 6.48. The Morgan fingerprint density at radius 3 is 2.26 bits per heavy atom. The van der Waals surface area contributed by atoms with Crippen molar-refractivity contribution in [3.05, 3.63) is 35.4 Å². The maximum Gasteiger partial charge on any atom is 0.220 e. The first-order valence-electron chi connectivity index (χ1n) is 8.54. The lowest BCUT2D eigenvalue weighted by molar-refractivity contribution is -0.121. The first kappa shape index (κ1) is 19.4. The highest BCUT2D eigenvalue weighted by Gasteiger charge is 2.10. The molecule has 0 aromatic heterocycles. The average molecular weight is 318 g/mol. The molecule has 0 bridgehead atoms. The lowest BCUT2D eigenvalue weighted by Crippen LogP contribution is -2.38. The molecule has 1 aromatic rings. The van der Waals surface area contributed by atoms with Gasteiger partial charge in [0.2, 0.25) is 5.91 Å². The van der Waals surface area contributed by atoms with E-state index in [-0.39, 0.29) is 30.6 Å². The summed E-state index contributed by atoms with van der Waals surface area (Å²) in [7, 11) is 0. The number of nitrogens with one attached hydrogen (secondary N) is 2. The van der Waals surface area contributed by atoms with Crippen LogP contribution < -0.4 is 10.6 Å². The van der Waals surface area contributed by atoms with Gasteiger partial charge in [-0.15, -0.1) is 0 Å². The van der Waals surface area contributed by atoms with Gasteiger partial charge in [0, 0.05) is 31.0 Å². The second kappa shape index (κ2) is 10.2. The number of benzene rings is 1. The monoisotopic (exact) mass is 318 g/mol. The van der Waals surface area contributed by atoms with E-state index in [2.05, 4.69) is 24.5 Å². The standard InChI is InChI=1S/C19H30N2O2/c1-5-20-15(4)13-21-19(23)11-10-18(22)17-8-6-16(7-9-17)12-14(2)3/h6-9,14-15,20H,5,10-13H2,1-4H3,(H,21,23)/t15-/m1/s1. The van der Waals surface area contributed by atoms with E-state index in [1.54, 1.807) is 0 Å². The topological polar surface area (TPSA) is 58.2 Å². The van der Waals surface area contributed by atoms with Crippen LogP contribution in [0.3, 0.4) is 0 Å². The molecule has 0 aliphatic rings. The van der Waals surface area contributed by atoms with E-state index in [0.29, 0.717) is 18.0 Å². The molecule has 1 atom stereocenters. The van der Waals surface area contributed by atoms with E-state index in [9.17, 15) is 9.59 Å². The zero-order chi connectivity index (χ0) is 17.2. The number of amides is 1. The number of Topliss-reactive ketones (excluding diaryl/α,β-unsaturated/α-hetero) is 1. The van der Waals surface area contributed by atoms with Crippen LogP contribution in [0.25, 0.3) is 0 Å². The Morgan fingerprint density at radius 1 is 1.04 bits per heavy atom. The Bertz CT molecular complexity index is 495. The van der Waals surface area contributed by atoms with Crippen molar-refractivity contribution in [1.82, 2.24) is 10.6 Å². The molecular weight excluding hydrogens is 288 g/mol. The summed E-state index contributed by atoms with van der Waals surface area (Å²) in [5.74, 6) is 0.556. The Hall–Kier alpha value is -1.68. The van der Waals surface area contributed by atoms with Crippen molar-refractivity contribution in [2.75, 3.05) is 13.1 Å². The molecule has 0 radical (unpaired) electrons. The number of carbonyl (C=O) groups is 2. The van der Waals surface area contributed by atoms with Crippen LogP contribution in [-0.2, 0) is 11.2 Å². The number of ketones is 1. The molecule has 0 fully saturated rings. The predicted octanol–water partition coefficient (Wildman–Crippen LogP) is 2.96. The van der Waals surface area contributed by atoms with Gasteiger partial charge < -0.3 is 10.6 Å². The molecule has 1 rings (SSSR count). The SMILES string of the molecule is CCN[C@H](C)CNC(=O)CCC(=O)c1ccc(CC(C)C)cc1. The molecule has 128 valence electrons. The number of hydrogen-bond donors (Lipinski definition) is 2. The minimum atomic E-state index is -0.0699. The van der Waals surface area contributed by atoms with Gasteiger partial charge in [-0.05, 0) is 31.4 Å². The van der Waals surface area contributed by atoms with E-state index in [0.717, 1.165) is 13.0 Å². The molecule has 0 unspecified atom stereocenters. The van der Waals surface area contributed by atoms with Crippen molar-refractivity contribution in [3.8, 4) is 0 Å². The number of carbonyl (C=O) groups excluding carboxylic acids is 2. The normalized spacial score (nSPS) is 12.2. The van der Waals surface area contributed by atoms with Crippen molar-refractivity contribution in [3.63, 3.8) is 0 Å². The van der Waals surface area contributed by atoms with Gasteiger partial charge in [0.25, 0.3) is 0 Å². The molecule has 1 aromatic carbocycles. The van der Waals surface area contributed by atoms with E-state index in [4.69, 9.17) is 0 Å². The summed E-state index contributed by atoms with van der Waals surface area (Å²) in [6.45, 7) is 9.87. The van der Waals surface area contributed by atoms with E-state index in [1.165, 1.54) is 5.56 Å². The third kappa shape index (κ3) is 7.93. The van der Waals surface area contributed by atoms with Gasteiger partial charge in [-0.25, -0.2) is 0 Å². The van der Waals surface area contributed by atoms with Gasteiger partial charge in [-0.3, -0.25) is 9.59 Å². The number of likely N-dealkylation sites (N-methyl/N-ethyl adjacent to an activating group) is 1. The zero-order valence-corrected chi connectivity index (χ0v) is 14.8. The molecule has 2 N–H and O–H groups in total. The molecule has 0 aliphatic heterocycles. The van der Waals surface area contributed by atoms with Crippen molar-refractivity contribution in [1.29, 1.82) is 0 Å². The Balaban J connectivity index is 2.37. The molecule has 23 heavy (non-hydrogen) atoms. The minimum Gasteiger partial charge on any atom is -0.355 e. The fraction of sp³-hybridized carbons (Fsp3) is 0.579. The Labute approximate surface area is 140 Å². The van der Waals surface area contributed by atoms with Crippen LogP contribution in [0.15, 0.2) is 24.3 Å². The van der Waals surface area contributed by atoms with Crippen LogP contribution in [0.1, 0.15) is 56.5 Å². The van der Waals surface area contributed by atoms with E-state index >= 15 is 0 Å². The van der Waals surface area contributed by atoms with Crippen molar-refractivity contribution in [2.24, 2.45) is 5.92 Å². The van der Waals surface area contributed by atoms with Gasteiger partial charge in [-0.1, -0.05) is 45.0 Å². The summed E-state index contributed by atoms with van der Waals surface area (Å²) in [6.07, 6.45) is 1.51. The maximum atomic E-state index is 12.1. The fourth-order valence-corrected chi connectivity index (χ4v) is 2.45. The Morgan fingerprint density at radius 2 is 1.70 bits per heavy atom. The first-order chi connectivity index (χ1) is 10.9. The quantitative estimate of drug-likeness (QED) is 0.652. The molecule has 0 spiro atoms. The van der Waals surface area contributed by atoms with Crippen LogP contribution in [0, 0.1) is 5.92 Å². The highest BCUT2D eigenvalue weighted by Crippen LogP contribution is 2.11. The predicted molar refractivity (Wildman–Crippen MR) is 94.7 cm³/mol. The molecule has 4 heteroatoms. The summed E-state index contributed by atoms with van der Waals surface area (Å²) in [5, 5.41) is 6.08. The third-order valence-corrected chi connectivity index (χ3v) is 3.66. The van der Waals surface area contributed by atoms with E-state index < -0.39 is 0 Å². The van der Waals surface area contributed by atoms with Gasteiger partial charge in [-0.2, -0.15) is 0 Å². The van der Waals surface area contributed by atoms with Crippen LogP contribution in [-0.4, -0.2) is 30.8 Å². The molecule has 0 heterocycles. The van der Waals surface area contributed by atoms with Gasteiger partial charge >= 0.3 is 0 Å². The number of rotatable bonds is 10. The lowest BCUT2D eigenvalue weighted by atomic mass is 9.99. The molecular formula is C19H30N2O2. The molecule has 0 aliphatic carbocycles. The third-order valence-electron chi connectivity index (χ3n) is 3.66. The van der Waals surface area contributed by atoms with E-state index in [1.807, 2.05) is 38.1 Å². The first-order valence-corrected chi connectivity index (χ1v) is 8.54. The fourth-order valence-electron chi connectivity index (χ4n) is 2.45. The molecule has 1 amide bonds. The summed E-state index contributed by atoms with van der Waals surface area (Å²) < 4.78 is 0. The maximum absolute atomic E-state index is 12.1. The average Bonchev–Trinajstić information content (AvgIpc) is 2.51. The summed E-state index contributed by atoms with van der Waals surface area (Å²) >= 11 is 0. The lowest BCUT2D eigenvalue weighted by Gasteiger charge is -2.13. The molecule has 4 nitrogen and oxygen atoms in total. The molecule has 0 saturated carbocycles. The highest BCUT2D eigenvalue weighted by molar-refractivity contribution is 5.97. The van der Waals surface area contributed by atoms with Gasteiger partial charge in [0.1, 0.15) is 0 Å². The number of hydrogen-bond acceptors (Lipinski definition) is 3. The smallest absolute Gasteiger partial charge is 0.220 e. The summed E-state index contributed by atoms with van der Waals surface area (Å²) in [6, 6.07) is 7.99. The largest absolute Gasteiger partial charge is 0.355 e. The Kier molecular flexibility index (Phi) is 8.56. The molecule has 0 saturated heterocycles. The van der Waals surface area contributed by atoms with Gasteiger partial charge in [0.05, 0.1) is 0 Å². The minimum absolute atomic E-state index is 0.0241. The van der Waals surface area contributed by atoms with Crippen LogP contribution in [0.4, 0.5) is 0 Å². The summed E-state index contributed by atoms with van der Waals surface area (Å²) in [4.78, 5) is 23.9. The van der Waals surface area contributed by atoms with Crippen molar-refractivity contribution < 1.29 is 9.59 Å². The summed E-state index contributed by atoms with van der Waals surface area (Å²) in [5.41, 5.74) is 1.93. The van der Waals surface area contributed by atoms with Crippen molar-refractivity contribution >= 4 is 11.7 Å². The van der Waals surface area contributed by atoms with Gasteiger partial charge in [0.15, 0.2) is 5.78 Å². The second-order valence-electron chi connectivity index (χ2n) is 6.48. The zero-order valence-electron chi connectivity index (χ0n) is 14.8.